The standard InChI is InChI=1S/C21H25N3O2/c1-2-20-19(9-13-24(20)14-16-4-5-16)21(3-1)25-17-7-11-23(12-8-17)15-18-6-10-22-26-18/h1-3,6,9-10,13,16-17H,4-5,7-8,11-12,14-15H2. The van der Waals surface area contributed by atoms with Crippen LogP contribution in [0, 0.1) is 5.92 Å². The Hall–Kier alpha value is -2.27. The molecule has 0 spiro atoms. The first-order chi connectivity index (χ1) is 12.8. The number of likely N-dealkylation sites (tertiary alicyclic amines) is 1. The zero-order chi connectivity index (χ0) is 17.3. The Labute approximate surface area is 153 Å². The fourth-order valence-electron chi connectivity index (χ4n) is 3.94. The number of benzene rings is 1. The van der Waals surface area contributed by atoms with Gasteiger partial charge in [-0.2, -0.15) is 0 Å². The molecule has 1 aliphatic carbocycles. The lowest BCUT2D eigenvalue weighted by Crippen LogP contribution is -2.37. The zero-order valence-electron chi connectivity index (χ0n) is 15.0. The summed E-state index contributed by atoms with van der Waals surface area (Å²) in [4.78, 5) is 2.41. The van der Waals surface area contributed by atoms with Crippen molar-refractivity contribution in [3.05, 3.63) is 48.5 Å². The molecule has 1 saturated carbocycles. The summed E-state index contributed by atoms with van der Waals surface area (Å²) in [6.07, 6.45) is 9.07. The Balaban J connectivity index is 1.23. The van der Waals surface area contributed by atoms with Crippen molar-refractivity contribution in [1.82, 2.24) is 14.6 Å². The van der Waals surface area contributed by atoms with E-state index in [1.165, 1.54) is 23.7 Å². The quantitative estimate of drug-likeness (QED) is 0.671. The third kappa shape index (κ3) is 3.36. The summed E-state index contributed by atoms with van der Waals surface area (Å²) in [5.74, 6) is 2.85. The number of aromatic nitrogens is 2. The van der Waals surface area contributed by atoms with Crippen LogP contribution in [-0.4, -0.2) is 33.8 Å². The van der Waals surface area contributed by atoms with E-state index in [0.29, 0.717) is 6.10 Å². The van der Waals surface area contributed by atoms with Gasteiger partial charge in [0, 0.05) is 37.3 Å². The molecule has 136 valence electrons. The number of rotatable bonds is 6. The lowest BCUT2D eigenvalue weighted by molar-refractivity contribution is 0.0926. The molecule has 2 fully saturated rings. The fourth-order valence-corrected chi connectivity index (χ4v) is 3.94. The van der Waals surface area contributed by atoms with E-state index in [-0.39, 0.29) is 0 Å². The number of ether oxygens (including phenoxy) is 1. The van der Waals surface area contributed by atoms with Crippen LogP contribution < -0.4 is 4.74 Å². The zero-order valence-corrected chi connectivity index (χ0v) is 15.0. The molecule has 26 heavy (non-hydrogen) atoms. The second kappa shape index (κ2) is 6.80. The number of hydrogen-bond donors (Lipinski definition) is 0. The van der Waals surface area contributed by atoms with Crippen LogP contribution in [0.25, 0.3) is 10.9 Å². The molecule has 2 aromatic heterocycles. The number of fused-ring (bicyclic) bond motifs is 1. The van der Waals surface area contributed by atoms with Gasteiger partial charge in [-0.1, -0.05) is 11.2 Å². The molecule has 1 aromatic carbocycles. The Kier molecular flexibility index (Phi) is 4.17. The fraction of sp³-hybridized carbons (Fsp3) is 0.476. The van der Waals surface area contributed by atoms with Crippen molar-refractivity contribution in [2.24, 2.45) is 5.92 Å². The predicted molar refractivity (Wildman–Crippen MR) is 100 cm³/mol. The summed E-state index contributed by atoms with van der Waals surface area (Å²) in [7, 11) is 0. The molecule has 0 atom stereocenters. The first kappa shape index (κ1) is 15.9. The molecule has 0 radical (unpaired) electrons. The van der Waals surface area contributed by atoms with Crippen LogP contribution in [0.3, 0.4) is 0 Å². The van der Waals surface area contributed by atoms with Crippen LogP contribution in [0.4, 0.5) is 0 Å². The van der Waals surface area contributed by atoms with Crippen LogP contribution in [0.5, 0.6) is 5.75 Å². The van der Waals surface area contributed by atoms with E-state index in [4.69, 9.17) is 9.26 Å². The van der Waals surface area contributed by atoms with Gasteiger partial charge in [-0.3, -0.25) is 4.90 Å². The lowest BCUT2D eigenvalue weighted by atomic mass is 10.1. The maximum absolute atomic E-state index is 6.41. The van der Waals surface area contributed by atoms with Gasteiger partial charge >= 0.3 is 0 Å². The average molecular weight is 351 g/mol. The molecule has 1 saturated heterocycles. The first-order valence-corrected chi connectivity index (χ1v) is 9.71. The predicted octanol–water partition coefficient (Wildman–Crippen LogP) is 4.08. The smallest absolute Gasteiger partial charge is 0.150 e. The molecule has 3 aromatic rings. The van der Waals surface area contributed by atoms with Crippen molar-refractivity contribution < 1.29 is 9.26 Å². The van der Waals surface area contributed by atoms with E-state index in [1.54, 1.807) is 6.20 Å². The maximum Gasteiger partial charge on any atom is 0.150 e. The number of hydrogen-bond acceptors (Lipinski definition) is 4. The molecule has 5 heteroatoms. The molecule has 2 aliphatic rings. The molecule has 1 aliphatic heterocycles. The largest absolute Gasteiger partial charge is 0.490 e. The summed E-state index contributed by atoms with van der Waals surface area (Å²) in [5.41, 5.74) is 1.30. The maximum atomic E-state index is 6.41. The third-order valence-electron chi connectivity index (χ3n) is 5.62. The van der Waals surface area contributed by atoms with Gasteiger partial charge in [-0.05, 0) is 49.8 Å². The minimum Gasteiger partial charge on any atom is -0.490 e. The first-order valence-electron chi connectivity index (χ1n) is 9.71. The van der Waals surface area contributed by atoms with E-state index in [2.05, 4.69) is 45.1 Å². The highest BCUT2D eigenvalue weighted by Gasteiger charge is 2.24. The van der Waals surface area contributed by atoms with Gasteiger partial charge in [0.05, 0.1) is 18.3 Å². The van der Waals surface area contributed by atoms with Crippen molar-refractivity contribution in [2.75, 3.05) is 13.1 Å². The highest BCUT2D eigenvalue weighted by atomic mass is 16.5. The van der Waals surface area contributed by atoms with Crippen LogP contribution in [0.15, 0.2) is 47.2 Å². The van der Waals surface area contributed by atoms with Crippen molar-refractivity contribution in [1.29, 1.82) is 0 Å². The van der Waals surface area contributed by atoms with E-state index in [0.717, 1.165) is 56.4 Å². The molecular formula is C21H25N3O2. The van der Waals surface area contributed by atoms with Gasteiger partial charge in [-0.25, -0.2) is 0 Å². The van der Waals surface area contributed by atoms with Gasteiger partial charge < -0.3 is 13.8 Å². The van der Waals surface area contributed by atoms with E-state index in [9.17, 15) is 0 Å². The van der Waals surface area contributed by atoms with Crippen molar-refractivity contribution >= 4 is 10.9 Å². The molecular weight excluding hydrogens is 326 g/mol. The SMILES string of the molecule is c1cc(OC2CCN(Cc3ccno3)CC2)c2ccn(CC3CC3)c2c1. The van der Waals surface area contributed by atoms with Gasteiger partial charge in [0.15, 0.2) is 5.76 Å². The van der Waals surface area contributed by atoms with Crippen LogP contribution in [0.2, 0.25) is 0 Å². The summed E-state index contributed by atoms with van der Waals surface area (Å²) in [6, 6.07) is 10.6. The molecule has 0 bridgehead atoms. The minimum atomic E-state index is 0.290. The highest BCUT2D eigenvalue weighted by Crippen LogP contribution is 2.34. The second-order valence-corrected chi connectivity index (χ2v) is 7.67. The van der Waals surface area contributed by atoms with E-state index >= 15 is 0 Å². The topological polar surface area (TPSA) is 43.4 Å². The van der Waals surface area contributed by atoms with E-state index < -0.39 is 0 Å². The van der Waals surface area contributed by atoms with Crippen molar-refractivity contribution in [3.63, 3.8) is 0 Å². The summed E-state index contributed by atoms with van der Waals surface area (Å²) >= 11 is 0. The van der Waals surface area contributed by atoms with Crippen LogP contribution >= 0.6 is 0 Å². The van der Waals surface area contributed by atoms with Crippen molar-refractivity contribution in [2.45, 2.75) is 44.9 Å². The van der Waals surface area contributed by atoms with Crippen molar-refractivity contribution in [3.8, 4) is 5.75 Å². The summed E-state index contributed by atoms with van der Waals surface area (Å²) in [6.45, 7) is 4.05. The van der Waals surface area contributed by atoms with E-state index in [1.807, 2.05) is 6.07 Å². The summed E-state index contributed by atoms with van der Waals surface area (Å²) < 4.78 is 14.0. The Morgan fingerprint density at radius 1 is 1.08 bits per heavy atom. The summed E-state index contributed by atoms with van der Waals surface area (Å²) in [5, 5.41) is 5.03. The normalized spacial score (nSPS) is 19.2. The third-order valence-corrected chi connectivity index (χ3v) is 5.62. The highest BCUT2D eigenvalue weighted by molar-refractivity contribution is 5.86. The molecule has 3 heterocycles. The Morgan fingerprint density at radius 2 is 1.96 bits per heavy atom. The van der Waals surface area contributed by atoms with Gasteiger partial charge in [0.25, 0.3) is 0 Å². The molecule has 5 nitrogen and oxygen atoms in total. The van der Waals surface area contributed by atoms with Crippen LogP contribution in [0.1, 0.15) is 31.4 Å². The number of nitrogens with zero attached hydrogens (tertiary/aromatic N) is 3. The molecule has 0 unspecified atom stereocenters. The van der Waals surface area contributed by atoms with Gasteiger partial charge in [-0.15, -0.1) is 0 Å². The van der Waals surface area contributed by atoms with Gasteiger partial charge in [0.1, 0.15) is 11.9 Å². The monoisotopic (exact) mass is 351 g/mol. The Bertz CT molecular complexity index is 859. The minimum absolute atomic E-state index is 0.290. The molecule has 0 N–H and O–H groups in total. The molecule has 5 rings (SSSR count). The second-order valence-electron chi connectivity index (χ2n) is 7.67. The average Bonchev–Trinajstić information content (AvgIpc) is 3.15. The van der Waals surface area contributed by atoms with Gasteiger partial charge in [0.2, 0.25) is 0 Å². The lowest BCUT2D eigenvalue weighted by Gasteiger charge is -2.31. The Morgan fingerprint density at radius 3 is 2.73 bits per heavy atom. The van der Waals surface area contributed by atoms with Crippen LogP contribution in [-0.2, 0) is 13.1 Å². The molecule has 0 amide bonds. The number of piperidine rings is 1.